The van der Waals surface area contributed by atoms with Crippen molar-refractivity contribution in [3.8, 4) is 6.07 Å². The molecule has 1 N–H and O–H groups in total. The van der Waals surface area contributed by atoms with E-state index in [4.69, 9.17) is 5.26 Å². The first kappa shape index (κ1) is 14.0. The van der Waals surface area contributed by atoms with Crippen molar-refractivity contribution < 1.29 is 4.39 Å². The monoisotopic (exact) mass is 261 g/mol. The van der Waals surface area contributed by atoms with Crippen molar-refractivity contribution >= 4 is 0 Å². The third kappa shape index (κ3) is 3.52. The molecule has 1 aromatic rings. The lowest BCUT2D eigenvalue weighted by Gasteiger charge is -2.34. The molecule has 1 unspecified atom stereocenters. The lowest BCUT2D eigenvalue weighted by Crippen LogP contribution is -2.45. The molecule has 1 fully saturated rings. The van der Waals surface area contributed by atoms with Crippen molar-refractivity contribution in [1.82, 2.24) is 10.2 Å². The summed E-state index contributed by atoms with van der Waals surface area (Å²) in [6, 6.07) is 7.26. The van der Waals surface area contributed by atoms with Crippen LogP contribution in [-0.4, -0.2) is 30.6 Å². The lowest BCUT2D eigenvalue weighted by molar-refractivity contribution is 0.166. The van der Waals surface area contributed by atoms with E-state index in [9.17, 15) is 4.39 Å². The summed E-state index contributed by atoms with van der Waals surface area (Å²) in [5.41, 5.74) is 1.14. The van der Waals surface area contributed by atoms with Crippen LogP contribution in [0.15, 0.2) is 18.2 Å². The maximum Gasteiger partial charge on any atom is 0.140 e. The Morgan fingerprint density at radius 3 is 3.00 bits per heavy atom. The molecule has 0 saturated carbocycles. The molecule has 1 aliphatic heterocycles. The van der Waals surface area contributed by atoms with Crippen LogP contribution in [0.4, 0.5) is 4.39 Å². The molecule has 0 spiro atoms. The molecule has 102 valence electrons. The molecule has 1 aromatic carbocycles. The van der Waals surface area contributed by atoms with E-state index >= 15 is 0 Å². The minimum Gasteiger partial charge on any atom is -0.315 e. The summed E-state index contributed by atoms with van der Waals surface area (Å²) in [5, 5.41) is 12.3. The lowest BCUT2D eigenvalue weighted by atomic mass is 10.0. The van der Waals surface area contributed by atoms with Gasteiger partial charge < -0.3 is 5.32 Å². The van der Waals surface area contributed by atoms with Crippen molar-refractivity contribution in [2.75, 3.05) is 19.6 Å². The van der Waals surface area contributed by atoms with Gasteiger partial charge in [0.1, 0.15) is 11.9 Å². The van der Waals surface area contributed by atoms with Crippen LogP contribution >= 0.6 is 0 Å². The fourth-order valence-electron chi connectivity index (χ4n) is 2.64. The summed E-state index contributed by atoms with van der Waals surface area (Å²) in [4.78, 5) is 2.39. The Morgan fingerprint density at radius 2 is 2.37 bits per heavy atom. The summed E-state index contributed by atoms with van der Waals surface area (Å²) in [5.74, 6) is -0.436. The number of nitrogens with one attached hydrogen (secondary N) is 1. The van der Waals surface area contributed by atoms with Crippen LogP contribution in [-0.2, 0) is 6.54 Å². The highest BCUT2D eigenvalue weighted by Crippen LogP contribution is 2.16. The minimum atomic E-state index is -0.436. The molecule has 0 aliphatic carbocycles. The minimum absolute atomic E-state index is 0.135. The number of nitriles is 1. The summed E-state index contributed by atoms with van der Waals surface area (Å²) in [6.07, 6.45) is 2.40. The van der Waals surface area contributed by atoms with Gasteiger partial charge in [0.05, 0.1) is 5.56 Å². The van der Waals surface area contributed by atoms with E-state index < -0.39 is 5.82 Å². The summed E-state index contributed by atoms with van der Waals surface area (Å²) >= 11 is 0. The van der Waals surface area contributed by atoms with E-state index in [1.165, 1.54) is 18.9 Å². The molecule has 2 rings (SSSR count). The van der Waals surface area contributed by atoms with E-state index in [-0.39, 0.29) is 5.56 Å². The third-order valence-corrected chi connectivity index (χ3v) is 3.73. The molecule has 1 heterocycles. The SMILES string of the molecule is CCN(Cc1ccc(F)c(C#N)c1)C1CCCNC1. The smallest absolute Gasteiger partial charge is 0.140 e. The van der Waals surface area contributed by atoms with Crippen molar-refractivity contribution in [3.63, 3.8) is 0 Å². The molecular weight excluding hydrogens is 241 g/mol. The van der Waals surface area contributed by atoms with Gasteiger partial charge in [-0.2, -0.15) is 5.26 Å². The topological polar surface area (TPSA) is 39.1 Å². The first-order valence-corrected chi connectivity index (χ1v) is 6.88. The second-order valence-corrected chi connectivity index (χ2v) is 4.99. The van der Waals surface area contributed by atoms with Crippen LogP contribution in [0.5, 0.6) is 0 Å². The molecule has 1 saturated heterocycles. The predicted molar refractivity (Wildman–Crippen MR) is 73.1 cm³/mol. The molecule has 3 nitrogen and oxygen atoms in total. The van der Waals surface area contributed by atoms with E-state index in [1.807, 2.05) is 6.07 Å². The highest BCUT2D eigenvalue weighted by atomic mass is 19.1. The van der Waals surface area contributed by atoms with E-state index in [2.05, 4.69) is 17.1 Å². The number of hydrogen-bond acceptors (Lipinski definition) is 3. The average molecular weight is 261 g/mol. The molecule has 1 atom stereocenters. The van der Waals surface area contributed by atoms with Crippen LogP contribution in [0, 0.1) is 17.1 Å². The van der Waals surface area contributed by atoms with Gasteiger partial charge in [-0.25, -0.2) is 4.39 Å². The van der Waals surface area contributed by atoms with Crippen molar-refractivity contribution in [2.45, 2.75) is 32.4 Å². The standard InChI is InChI=1S/C15H20FN3/c1-2-19(14-4-3-7-18-10-14)11-12-5-6-15(16)13(8-12)9-17/h5-6,8,14,18H,2-4,7,10-11H2,1H3. The number of benzene rings is 1. The zero-order chi connectivity index (χ0) is 13.7. The first-order chi connectivity index (χ1) is 9.24. The predicted octanol–water partition coefficient (Wildman–Crippen LogP) is 2.27. The van der Waals surface area contributed by atoms with Gasteiger partial charge in [-0.1, -0.05) is 13.0 Å². The van der Waals surface area contributed by atoms with Crippen LogP contribution in [0.2, 0.25) is 0 Å². The van der Waals surface area contributed by atoms with Gasteiger partial charge in [0, 0.05) is 19.1 Å². The van der Waals surface area contributed by atoms with Crippen molar-refractivity contribution in [2.24, 2.45) is 0 Å². The van der Waals surface area contributed by atoms with Gasteiger partial charge in [0.2, 0.25) is 0 Å². The molecule has 0 amide bonds. The van der Waals surface area contributed by atoms with E-state index in [0.29, 0.717) is 6.04 Å². The quantitative estimate of drug-likeness (QED) is 0.903. The van der Waals surface area contributed by atoms with Gasteiger partial charge in [-0.05, 0) is 43.6 Å². The Morgan fingerprint density at radius 1 is 1.53 bits per heavy atom. The van der Waals surface area contributed by atoms with Gasteiger partial charge in [0.25, 0.3) is 0 Å². The van der Waals surface area contributed by atoms with Crippen LogP contribution < -0.4 is 5.32 Å². The Hall–Kier alpha value is -1.44. The maximum atomic E-state index is 13.3. The van der Waals surface area contributed by atoms with Gasteiger partial charge in [-0.3, -0.25) is 4.90 Å². The number of halogens is 1. The highest BCUT2D eigenvalue weighted by Gasteiger charge is 2.19. The molecule has 19 heavy (non-hydrogen) atoms. The number of likely N-dealkylation sites (N-methyl/N-ethyl adjacent to an activating group) is 1. The maximum absolute atomic E-state index is 13.3. The molecule has 0 bridgehead atoms. The molecule has 0 aromatic heterocycles. The fraction of sp³-hybridized carbons (Fsp3) is 0.533. The van der Waals surface area contributed by atoms with Crippen molar-refractivity contribution in [3.05, 3.63) is 35.1 Å². The second kappa shape index (κ2) is 6.65. The zero-order valence-electron chi connectivity index (χ0n) is 11.3. The van der Waals surface area contributed by atoms with Crippen molar-refractivity contribution in [1.29, 1.82) is 5.26 Å². The Bertz CT molecular complexity index is 461. The highest BCUT2D eigenvalue weighted by molar-refractivity contribution is 5.34. The first-order valence-electron chi connectivity index (χ1n) is 6.88. The third-order valence-electron chi connectivity index (χ3n) is 3.73. The number of piperidine rings is 1. The zero-order valence-corrected chi connectivity index (χ0v) is 11.3. The Balaban J connectivity index is 2.07. The van der Waals surface area contributed by atoms with Gasteiger partial charge in [-0.15, -0.1) is 0 Å². The molecule has 1 aliphatic rings. The molecule has 0 radical (unpaired) electrons. The summed E-state index contributed by atoms with van der Waals surface area (Å²) < 4.78 is 13.3. The number of rotatable bonds is 4. The van der Waals surface area contributed by atoms with Crippen LogP contribution in [0.25, 0.3) is 0 Å². The van der Waals surface area contributed by atoms with E-state index in [1.54, 1.807) is 12.1 Å². The second-order valence-electron chi connectivity index (χ2n) is 4.99. The normalized spacial score (nSPS) is 19.4. The van der Waals surface area contributed by atoms with Crippen LogP contribution in [0.3, 0.4) is 0 Å². The van der Waals surface area contributed by atoms with Gasteiger partial charge >= 0.3 is 0 Å². The van der Waals surface area contributed by atoms with Crippen LogP contribution in [0.1, 0.15) is 30.9 Å². The largest absolute Gasteiger partial charge is 0.315 e. The average Bonchev–Trinajstić information content (AvgIpc) is 2.47. The molecular formula is C15H20FN3. The number of hydrogen-bond donors (Lipinski definition) is 1. The number of nitrogens with zero attached hydrogens (tertiary/aromatic N) is 2. The fourth-order valence-corrected chi connectivity index (χ4v) is 2.64. The van der Waals surface area contributed by atoms with Gasteiger partial charge in [0.15, 0.2) is 0 Å². The summed E-state index contributed by atoms with van der Waals surface area (Å²) in [7, 11) is 0. The Kier molecular flexibility index (Phi) is 4.89. The summed E-state index contributed by atoms with van der Waals surface area (Å²) in [6.45, 7) is 6.00. The van der Waals surface area contributed by atoms with E-state index in [0.717, 1.165) is 31.7 Å². The Labute approximate surface area is 114 Å². The molecule has 4 heteroatoms.